The van der Waals surface area contributed by atoms with Gasteiger partial charge in [-0.25, -0.2) is 4.68 Å². The van der Waals surface area contributed by atoms with Crippen molar-refractivity contribution in [1.29, 1.82) is 0 Å². The molecule has 0 aromatic carbocycles. The molecular weight excluding hydrogens is 276 g/mol. The van der Waals surface area contributed by atoms with Gasteiger partial charge in [-0.15, -0.1) is 0 Å². The first-order valence-electron chi connectivity index (χ1n) is 6.57. The van der Waals surface area contributed by atoms with Crippen molar-refractivity contribution in [1.82, 2.24) is 14.5 Å². The normalized spacial score (nSPS) is 11.1. The Kier molecular flexibility index (Phi) is 4.18. The Hall–Kier alpha value is -1.75. The third kappa shape index (κ3) is 2.88. The molecule has 0 radical (unpaired) electrons. The molecule has 5 nitrogen and oxygen atoms in total. The highest BCUT2D eigenvalue weighted by molar-refractivity contribution is 6.32. The van der Waals surface area contributed by atoms with E-state index in [1.807, 2.05) is 44.5 Å². The predicted octanol–water partition coefficient (Wildman–Crippen LogP) is 2.85. The minimum Gasteiger partial charge on any atom is -0.291 e. The van der Waals surface area contributed by atoms with Gasteiger partial charge >= 0.3 is 0 Å². The van der Waals surface area contributed by atoms with E-state index in [0.717, 1.165) is 11.4 Å². The zero-order valence-electron chi connectivity index (χ0n) is 12.1. The Labute approximate surface area is 123 Å². The van der Waals surface area contributed by atoms with E-state index in [1.54, 1.807) is 6.20 Å². The third-order valence-corrected chi connectivity index (χ3v) is 3.39. The van der Waals surface area contributed by atoms with Gasteiger partial charge in [-0.3, -0.25) is 14.9 Å². The van der Waals surface area contributed by atoms with E-state index in [2.05, 4.69) is 10.5 Å². The number of halogens is 1. The van der Waals surface area contributed by atoms with Gasteiger partial charge in [0, 0.05) is 17.9 Å². The summed E-state index contributed by atoms with van der Waals surface area (Å²) in [5.74, 6) is 0.337. The van der Waals surface area contributed by atoms with E-state index in [0.29, 0.717) is 18.2 Å². The number of nitrogens with zero attached hydrogens (tertiary/aromatic N) is 3. The van der Waals surface area contributed by atoms with Crippen LogP contribution in [0, 0.1) is 19.8 Å². The third-order valence-electron chi connectivity index (χ3n) is 3.03. The van der Waals surface area contributed by atoms with Crippen LogP contribution in [0.4, 0.5) is 5.69 Å². The molecular formula is C14H19ClN4O. The van der Waals surface area contributed by atoms with Crippen LogP contribution in [0.2, 0.25) is 5.02 Å². The Bertz CT molecular complexity index is 653. The van der Waals surface area contributed by atoms with Crippen molar-refractivity contribution in [2.45, 2.75) is 34.2 Å². The Balaban J connectivity index is 2.35. The van der Waals surface area contributed by atoms with Crippen LogP contribution in [-0.4, -0.2) is 14.5 Å². The number of aromatic nitrogens is 3. The number of anilines is 1. The van der Waals surface area contributed by atoms with Gasteiger partial charge in [0.05, 0.1) is 11.9 Å². The maximum Gasteiger partial charge on any atom is 0.287 e. The van der Waals surface area contributed by atoms with E-state index in [9.17, 15) is 4.79 Å². The van der Waals surface area contributed by atoms with Crippen molar-refractivity contribution in [3.05, 3.63) is 45.1 Å². The molecule has 0 spiro atoms. The highest BCUT2D eigenvalue weighted by atomic mass is 35.5. The number of hydrogen-bond donors (Lipinski definition) is 1. The summed E-state index contributed by atoms with van der Waals surface area (Å²) in [6, 6.07) is 3.98. The average Bonchev–Trinajstić information content (AvgIpc) is 2.69. The number of hydrogen-bond acceptors (Lipinski definition) is 3. The second-order valence-corrected chi connectivity index (χ2v) is 5.69. The lowest BCUT2D eigenvalue weighted by atomic mass is 10.2. The second-order valence-electron chi connectivity index (χ2n) is 5.32. The summed E-state index contributed by atoms with van der Waals surface area (Å²) in [7, 11) is 0. The molecule has 0 aliphatic heterocycles. The van der Waals surface area contributed by atoms with E-state index in [-0.39, 0.29) is 10.6 Å². The highest BCUT2D eigenvalue weighted by Gasteiger charge is 2.11. The van der Waals surface area contributed by atoms with Gasteiger partial charge in [0.2, 0.25) is 0 Å². The fourth-order valence-electron chi connectivity index (χ4n) is 1.98. The van der Waals surface area contributed by atoms with Crippen molar-refractivity contribution >= 4 is 17.3 Å². The van der Waals surface area contributed by atoms with Crippen LogP contribution in [0.5, 0.6) is 0 Å². The zero-order valence-corrected chi connectivity index (χ0v) is 12.9. The van der Waals surface area contributed by atoms with Gasteiger partial charge in [0.15, 0.2) is 0 Å². The molecule has 108 valence electrons. The fraction of sp³-hybridized carbons (Fsp3) is 0.429. The van der Waals surface area contributed by atoms with Crippen LogP contribution in [0.1, 0.15) is 25.2 Å². The number of rotatable bonds is 4. The summed E-state index contributed by atoms with van der Waals surface area (Å²) in [4.78, 5) is 12.1. The molecule has 0 bridgehead atoms. The lowest BCUT2D eigenvalue weighted by Gasteiger charge is -2.15. The SMILES string of the molecule is Cc1ccc(C)n1Nc1cnn(CC(C)C)c(=O)c1Cl. The van der Waals surface area contributed by atoms with E-state index < -0.39 is 0 Å². The molecule has 2 aromatic rings. The summed E-state index contributed by atoms with van der Waals surface area (Å²) >= 11 is 6.15. The van der Waals surface area contributed by atoms with Gasteiger partial charge < -0.3 is 0 Å². The van der Waals surface area contributed by atoms with Crippen LogP contribution < -0.4 is 11.0 Å². The first-order valence-corrected chi connectivity index (χ1v) is 6.95. The lowest BCUT2D eigenvalue weighted by molar-refractivity contribution is 0.464. The molecule has 20 heavy (non-hydrogen) atoms. The molecule has 0 fully saturated rings. The van der Waals surface area contributed by atoms with Crippen LogP contribution in [0.3, 0.4) is 0 Å². The van der Waals surface area contributed by atoms with Gasteiger partial charge in [0.25, 0.3) is 5.56 Å². The van der Waals surface area contributed by atoms with Crippen LogP contribution in [0.15, 0.2) is 23.1 Å². The molecule has 0 amide bonds. The van der Waals surface area contributed by atoms with Gasteiger partial charge in [-0.1, -0.05) is 25.4 Å². The molecule has 0 aliphatic carbocycles. The van der Waals surface area contributed by atoms with Crippen LogP contribution >= 0.6 is 11.6 Å². The van der Waals surface area contributed by atoms with Gasteiger partial charge in [-0.05, 0) is 31.9 Å². The highest BCUT2D eigenvalue weighted by Crippen LogP contribution is 2.17. The Morgan fingerprint density at radius 1 is 1.30 bits per heavy atom. The quantitative estimate of drug-likeness (QED) is 0.943. The van der Waals surface area contributed by atoms with Crippen LogP contribution in [-0.2, 0) is 6.54 Å². The van der Waals surface area contributed by atoms with E-state index in [4.69, 9.17) is 11.6 Å². The lowest BCUT2D eigenvalue weighted by Crippen LogP contribution is -2.27. The van der Waals surface area contributed by atoms with E-state index >= 15 is 0 Å². The Morgan fingerprint density at radius 3 is 2.45 bits per heavy atom. The minimum atomic E-state index is -0.271. The number of nitrogens with one attached hydrogen (secondary N) is 1. The topological polar surface area (TPSA) is 51.9 Å². The van der Waals surface area contributed by atoms with Gasteiger partial charge in [0.1, 0.15) is 5.02 Å². The monoisotopic (exact) mass is 294 g/mol. The van der Waals surface area contributed by atoms with Crippen LogP contribution in [0.25, 0.3) is 0 Å². The van der Waals surface area contributed by atoms with E-state index in [1.165, 1.54) is 4.68 Å². The molecule has 0 unspecified atom stereocenters. The largest absolute Gasteiger partial charge is 0.291 e. The second kappa shape index (κ2) is 5.71. The predicted molar refractivity (Wildman–Crippen MR) is 81.3 cm³/mol. The molecule has 0 saturated carbocycles. The standard InChI is InChI=1S/C14H19ClN4O/c1-9(2)8-18-14(20)13(15)12(7-16-18)17-19-10(3)5-6-11(19)4/h5-7,9,17H,8H2,1-4H3. The number of aryl methyl sites for hydroxylation is 2. The van der Waals surface area contributed by atoms with Crippen molar-refractivity contribution in [3.8, 4) is 0 Å². The molecule has 2 rings (SSSR count). The summed E-state index contributed by atoms with van der Waals surface area (Å²) < 4.78 is 3.27. The van der Waals surface area contributed by atoms with Crippen molar-refractivity contribution in [2.24, 2.45) is 5.92 Å². The minimum absolute atomic E-state index is 0.160. The zero-order chi connectivity index (χ0) is 14.9. The molecule has 0 saturated heterocycles. The average molecular weight is 295 g/mol. The molecule has 6 heteroatoms. The fourth-order valence-corrected chi connectivity index (χ4v) is 2.17. The van der Waals surface area contributed by atoms with Crippen molar-refractivity contribution in [2.75, 3.05) is 5.43 Å². The maximum absolute atomic E-state index is 12.1. The first kappa shape index (κ1) is 14.7. The van der Waals surface area contributed by atoms with Crippen molar-refractivity contribution in [3.63, 3.8) is 0 Å². The molecule has 0 atom stereocenters. The Morgan fingerprint density at radius 2 is 1.90 bits per heavy atom. The maximum atomic E-state index is 12.1. The molecule has 2 aromatic heterocycles. The molecule has 0 aliphatic rings. The smallest absolute Gasteiger partial charge is 0.287 e. The molecule has 1 N–H and O–H groups in total. The first-order chi connectivity index (χ1) is 9.40. The van der Waals surface area contributed by atoms with Crippen molar-refractivity contribution < 1.29 is 0 Å². The molecule has 2 heterocycles. The summed E-state index contributed by atoms with van der Waals surface area (Å²) in [6.07, 6.45) is 1.59. The summed E-state index contributed by atoms with van der Waals surface area (Å²) in [5.41, 5.74) is 5.43. The van der Waals surface area contributed by atoms with Gasteiger partial charge in [-0.2, -0.15) is 5.10 Å². The summed E-state index contributed by atoms with van der Waals surface area (Å²) in [6.45, 7) is 8.56. The summed E-state index contributed by atoms with van der Waals surface area (Å²) in [5, 5.41) is 4.32.